The molecule has 1 aromatic heterocycles. The first-order valence-corrected chi connectivity index (χ1v) is 12.6. The second-order valence-corrected chi connectivity index (χ2v) is 10.2. The number of aryl methyl sites for hydroxylation is 1. The molecule has 0 radical (unpaired) electrons. The van der Waals surface area contributed by atoms with Gasteiger partial charge in [0, 0.05) is 7.05 Å². The predicted octanol–water partition coefficient (Wildman–Crippen LogP) is 3.61. The van der Waals surface area contributed by atoms with Crippen molar-refractivity contribution in [1.29, 1.82) is 0 Å². The Hall–Kier alpha value is -2.63. The van der Waals surface area contributed by atoms with Crippen LogP contribution in [0.15, 0.2) is 47.6 Å². The fourth-order valence-electron chi connectivity index (χ4n) is 2.84. The quantitative estimate of drug-likeness (QED) is 0.477. The Kier molecular flexibility index (Phi) is 7.42. The van der Waals surface area contributed by atoms with E-state index in [0.29, 0.717) is 27.4 Å². The van der Waals surface area contributed by atoms with Gasteiger partial charge in [-0.2, -0.15) is 0 Å². The minimum Gasteiger partial charge on any atom is -0.324 e. The van der Waals surface area contributed by atoms with Crippen LogP contribution in [0.25, 0.3) is 0 Å². The van der Waals surface area contributed by atoms with Gasteiger partial charge in [0.25, 0.3) is 0 Å². The maximum atomic E-state index is 13.2. The van der Waals surface area contributed by atoms with Crippen molar-refractivity contribution in [2.45, 2.75) is 18.6 Å². The van der Waals surface area contributed by atoms with Crippen molar-refractivity contribution in [3.63, 3.8) is 0 Å². The Morgan fingerprint density at radius 1 is 1.22 bits per heavy atom. The molecule has 0 saturated carbocycles. The molecule has 0 bridgehead atoms. The van der Waals surface area contributed by atoms with Gasteiger partial charge in [-0.1, -0.05) is 35.5 Å². The molecule has 0 spiro atoms. The Labute approximate surface area is 194 Å². The van der Waals surface area contributed by atoms with Crippen molar-refractivity contribution in [2.75, 3.05) is 21.6 Å². The summed E-state index contributed by atoms with van der Waals surface area (Å²) in [5.74, 6) is -0.307. The van der Waals surface area contributed by atoms with Gasteiger partial charge in [-0.05, 0) is 42.8 Å². The normalized spacial score (nSPS) is 11.4. The van der Waals surface area contributed by atoms with Crippen molar-refractivity contribution in [1.82, 2.24) is 14.8 Å². The molecular weight excluding hydrogens is 477 g/mol. The summed E-state index contributed by atoms with van der Waals surface area (Å²) in [4.78, 5) is 12.4. The summed E-state index contributed by atoms with van der Waals surface area (Å²) in [5.41, 5.74) is 1.71. The van der Waals surface area contributed by atoms with Crippen molar-refractivity contribution in [3.8, 4) is 0 Å². The molecule has 0 unspecified atom stereocenters. The lowest BCUT2D eigenvalue weighted by Crippen LogP contribution is -2.30. The Bertz CT molecular complexity index is 1210. The van der Waals surface area contributed by atoms with Gasteiger partial charge >= 0.3 is 0 Å². The number of carbonyl (C=O) groups is 1. The first-order valence-electron chi connectivity index (χ1n) is 9.35. The predicted molar refractivity (Wildman–Crippen MR) is 124 cm³/mol. The number of rotatable bonds is 8. The lowest BCUT2D eigenvalue weighted by Gasteiger charge is -2.21. The maximum Gasteiger partial charge on any atom is 0.234 e. The molecule has 8 nitrogen and oxygen atoms in total. The third kappa shape index (κ3) is 5.78. The van der Waals surface area contributed by atoms with Crippen LogP contribution in [0, 0.1) is 12.7 Å². The third-order valence-corrected chi connectivity index (χ3v) is 7.02. The van der Waals surface area contributed by atoms with Crippen molar-refractivity contribution >= 4 is 50.7 Å². The molecule has 2 aromatic carbocycles. The van der Waals surface area contributed by atoms with Crippen LogP contribution < -0.4 is 9.62 Å². The number of anilines is 2. The van der Waals surface area contributed by atoms with E-state index in [1.807, 2.05) is 13.0 Å². The van der Waals surface area contributed by atoms with Gasteiger partial charge in [0.2, 0.25) is 15.9 Å². The van der Waals surface area contributed by atoms with Crippen LogP contribution in [0.3, 0.4) is 0 Å². The lowest BCUT2D eigenvalue weighted by atomic mass is 10.2. The van der Waals surface area contributed by atoms with Crippen molar-refractivity contribution < 1.29 is 17.6 Å². The van der Waals surface area contributed by atoms with E-state index in [1.54, 1.807) is 23.7 Å². The number of nitrogens with one attached hydrogen (secondary N) is 1. The molecule has 3 rings (SSSR count). The number of sulfonamides is 1. The number of hydrogen-bond donors (Lipinski definition) is 1. The number of para-hydroxylation sites is 1. The summed E-state index contributed by atoms with van der Waals surface area (Å²) in [6.45, 7) is 1.75. The van der Waals surface area contributed by atoms with E-state index in [9.17, 15) is 17.6 Å². The van der Waals surface area contributed by atoms with Crippen LogP contribution in [-0.2, 0) is 28.4 Å². The van der Waals surface area contributed by atoms with Gasteiger partial charge in [0.15, 0.2) is 11.0 Å². The second-order valence-electron chi connectivity index (χ2n) is 6.97. The van der Waals surface area contributed by atoms with Crippen LogP contribution in [0.1, 0.15) is 11.4 Å². The van der Waals surface area contributed by atoms with Gasteiger partial charge in [0.1, 0.15) is 5.82 Å². The molecule has 0 atom stereocenters. The number of carbonyl (C=O) groups excluding carboxylic acids is 1. The minimum absolute atomic E-state index is 0.0599. The molecule has 0 aliphatic heterocycles. The minimum atomic E-state index is -3.66. The van der Waals surface area contributed by atoms with E-state index < -0.39 is 15.8 Å². The van der Waals surface area contributed by atoms with Gasteiger partial charge in [0.05, 0.1) is 35.0 Å². The maximum absolute atomic E-state index is 13.2. The summed E-state index contributed by atoms with van der Waals surface area (Å²) >= 11 is 7.30. The molecule has 32 heavy (non-hydrogen) atoms. The Morgan fingerprint density at radius 3 is 2.53 bits per heavy atom. The Balaban J connectivity index is 1.70. The van der Waals surface area contributed by atoms with E-state index in [1.165, 1.54) is 24.3 Å². The molecule has 3 aromatic rings. The van der Waals surface area contributed by atoms with Crippen molar-refractivity contribution in [3.05, 3.63) is 64.7 Å². The molecule has 0 aliphatic rings. The summed E-state index contributed by atoms with van der Waals surface area (Å²) in [6.07, 6.45) is 1.06. The monoisotopic (exact) mass is 497 g/mol. The molecular formula is C20H21ClFN5O3S2. The smallest absolute Gasteiger partial charge is 0.234 e. The van der Waals surface area contributed by atoms with E-state index in [2.05, 4.69) is 15.5 Å². The van der Waals surface area contributed by atoms with E-state index >= 15 is 0 Å². The zero-order valence-corrected chi connectivity index (χ0v) is 19.9. The first-order chi connectivity index (χ1) is 15.1. The molecule has 0 aliphatic carbocycles. The fraction of sp³-hybridized carbons (Fsp3) is 0.250. The van der Waals surface area contributed by atoms with Gasteiger partial charge in [-0.3, -0.25) is 9.10 Å². The van der Waals surface area contributed by atoms with E-state index in [4.69, 9.17) is 11.6 Å². The molecule has 1 heterocycles. The molecule has 12 heteroatoms. The SMILES string of the molecule is Cc1cccc(Cl)c1NC(=O)CSc1nnc(CN(c2ccc(F)cc2)S(C)(=O)=O)n1C. The number of amides is 1. The van der Waals surface area contributed by atoms with Gasteiger partial charge in [-0.15, -0.1) is 10.2 Å². The van der Waals surface area contributed by atoms with E-state index in [0.717, 1.165) is 27.9 Å². The van der Waals surface area contributed by atoms with Crippen LogP contribution in [-0.4, -0.2) is 41.1 Å². The third-order valence-electron chi connectivity index (χ3n) is 4.54. The summed E-state index contributed by atoms with van der Waals surface area (Å²) in [5, 5.41) is 11.8. The first kappa shape index (κ1) is 24.0. The number of nitrogens with zero attached hydrogens (tertiary/aromatic N) is 4. The number of hydrogen-bond acceptors (Lipinski definition) is 6. The largest absolute Gasteiger partial charge is 0.324 e. The standard InChI is InChI=1S/C20H21ClFN5O3S2/c1-13-5-4-6-16(21)19(13)23-18(28)12-31-20-25-24-17(26(20)2)11-27(32(3,29)30)15-9-7-14(22)8-10-15/h4-10H,11-12H2,1-3H3,(H,23,28). The number of aromatic nitrogens is 3. The summed E-state index contributed by atoms with van der Waals surface area (Å²) in [6, 6.07) is 10.5. The lowest BCUT2D eigenvalue weighted by molar-refractivity contribution is -0.113. The summed E-state index contributed by atoms with van der Waals surface area (Å²) in [7, 11) is -1.98. The van der Waals surface area contributed by atoms with E-state index in [-0.39, 0.29) is 18.2 Å². The highest BCUT2D eigenvalue weighted by Crippen LogP contribution is 2.26. The number of thioether (sulfide) groups is 1. The fourth-order valence-corrected chi connectivity index (χ4v) is 4.69. The van der Waals surface area contributed by atoms with Crippen LogP contribution in [0.2, 0.25) is 5.02 Å². The van der Waals surface area contributed by atoms with Crippen LogP contribution >= 0.6 is 23.4 Å². The molecule has 0 fully saturated rings. The second kappa shape index (κ2) is 9.88. The molecule has 170 valence electrons. The molecule has 1 N–H and O–H groups in total. The zero-order chi connectivity index (χ0) is 23.5. The average molecular weight is 498 g/mol. The number of benzene rings is 2. The van der Waals surface area contributed by atoms with Crippen LogP contribution in [0.5, 0.6) is 0 Å². The topological polar surface area (TPSA) is 97.2 Å². The van der Waals surface area contributed by atoms with Crippen LogP contribution in [0.4, 0.5) is 15.8 Å². The average Bonchev–Trinajstić information content (AvgIpc) is 3.07. The highest BCUT2D eigenvalue weighted by atomic mass is 35.5. The molecule has 0 saturated heterocycles. The van der Waals surface area contributed by atoms with Gasteiger partial charge in [-0.25, -0.2) is 12.8 Å². The highest BCUT2D eigenvalue weighted by Gasteiger charge is 2.22. The number of halogens is 2. The Morgan fingerprint density at radius 2 is 1.91 bits per heavy atom. The van der Waals surface area contributed by atoms with Gasteiger partial charge < -0.3 is 9.88 Å². The zero-order valence-electron chi connectivity index (χ0n) is 17.5. The summed E-state index contributed by atoms with van der Waals surface area (Å²) < 4.78 is 40.5. The highest BCUT2D eigenvalue weighted by molar-refractivity contribution is 7.99. The molecule has 1 amide bonds. The van der Waals surface area contributed by atoms with Crippen molar-refractivity contribution in [2.24, 2.45) is 7.05 Å².